The van der Waals surface area contributed by atoms with Crippen LogP contribution in [-0.2, 0) is 0 Å². The summed E-state index contributed by atoms with van der Waals surface area (Å²) in [5, 5.41) is 0. The molecule has 0 atom stereocenters. The van der Waals surface area contributed by atoms with E-state index in [9.17, 15) is 8.78 Å². The fraction of sp³-hybridized carbons (Fsp3) is 0.125. The summed E-state index contributed by atoms with van der Waals surface area (Å²) in [4.78, 5) is 1.93. The van der Waals surface area contributed by atoms with Crippen LogP contribution in [-0.4, -0.2) is 14.1 Å². The first-order valence-corrected chi connectivity index (χ1v) is 6.18. The molecule has 0 aliphatic heterocycles. The highest BCUT2D eigenvalue weighted by Gasteiger charge is 2.05. The molecule has 2 N–H and O–H groups in total. The van der Waals surface area contributed by atoms with Crippen molar-refractivity contribution in [2.45, 2.75) is 0 Å². The third-order valence-electron chi connectivity index (χ3n) is 3.02. The second-order valence-corrected chi connectivity index (χ2v) is 4.68. The van der Waals surface area contributed by atoms with Crippen molar-refractivity contribution in [2.24, 2.45) is 0 Å². The van der Waals surface area contributed by atoms with Crippen LogP contribution in [0.2, 0.25) is 0 Å². The number of hydrogen-bond donors (Lipinski definition) is 1. The molecule has 0 aliphatic rings. The maximum atomic E-state index is 13.5. The molecule has 104 valence electrons. The normalized spacial score (nSPS) is 11.0. The van der Waals surface area contributed by atoms with Crippen LogP contribution in [0.25, 0.3) is 12.2 Å². The third-order valence-corrected chi connectivity index (χ3v) is 3.02. The van der Waals surface area contributed by atoms with Crippen LogP contribution in [0.1, 0.15) is 11.1 Å². The van der Waals surface area contributed by atoms with Crippen LogP contribution in [0, 0.1) is 11.6 Å². The van der Waals surface area contributed by atoms with Crippen molar-refractivity contribution in [3.05, 3.63) is 59.2 Å². The van der Waals surface area contributed by atoms with Gasteiger partial charge in [0.25, 0.3) is 0 Å². The number of nitrogen functional groups attached to an aromatic ring is 1. The fourth-order valence-corrected chi connectivity index (χ4v) is 1.84. The zero-order valence-corrected chi connectivity index (χ0v) is 11.4. The van der Waals surface area contributed by atoms with E-state index in [4.69, 9.17) is 5.73 Å². The Hall–Kier alpha value is -2.36. The highest BCUT2D eigenvalue weighted by Crippen LogP contribution is 2.23. The summed E-state index contributed by atoms with van der Waals surface area (Å²) >= 11 is 0. The molecule has 0 amide bonds. The van der Waals surface area contributed by atoms with Crippen LogP contribution >= 0.6 is 0 Å². The number of anilines is 2. The zero-order chi connectivity index (χ0) is 14.7. The van der Waals surface area contributed by atoms with Gasteiger partial charge in [-0.05, 0) is 35.9 Å². The lowest BCUT2D eigenvalue weighted by Gasteiger charge is -2.13. The smallest absolute Gasteiger partial charge is 0.133 e. The molecule has 0 fully saturated rings. The van der Waals surface area contributed by atoms with E-state index in [0.29, 0.717) is 5.69 Å². The Morgan fingerprint density at radius 1 is 1.00 bits per heavy atom. The molecule has 2 rings (SSSR count). The molecule has 20 heavy (non-hydrogen) atoms. The Morgan fingerprint density at radius 2 is 1.65 bits per heavy atom. The summed E-state index contributed by atoms with van der Waals surface area (Å²) in [5.74, 6) is -1.19. The molecule has 0 saturated carbocycles. The van der Waals surface area contributed by atoms with Gasteiger partial charge in [0.15, 0.2) is 0 Å². The second kappa shape index (κ2) is 5.74. The van der Waals surface area contributed by atoms with E-state index >= 15 is 0 Å². The van der Waals surface area contributed by atoms with Gasteiger partial charge in [-0.15, -0.1) is 0 Å². The number of rotatable bonds is 3. The van der Waals surface area contributed by atoms with E-state index < -0.39 is 11.6 Å². The largest absolute Gasteiger partial charge is 0.398 e. The molecule has 0 heterocycles. The SMILES string of the molecule is CN(C)c1ccc(/C=C/c2c(F)cccc2F)c(N)c1. The minimum Gasteiger partial charge on any atom is -0.398 e. The topological polar surface area (TPSA) is 29.3 Å². The predicted molar refractivity (Wildman–Crippen MR) is 80.5 cm³/mol. The summed E-state index contributed by atoms with van der Waals surface area (Å²) in [6.45, 7) is 0. The van der Waals surface area contributed by atoms with Crippen molar-refractivity contribution in [2.75, 3.05) is 24.7 Å². The second-order valence-electron chi connectivity index (χ2n) is 4.68. The molecular formula is C16H16F2N2. The molecule has 0 aliphatic carbocycles. The fourth-order valence-electron chi connectivity index (χ4n) is 1.84. The van der Waals surface area contributed by atoms with Gasteiger partial charge >= 0.3 is 0 Å². The van der Waals surface area contributed by atoms with Gasteiger partial charge in [-0.1, -0.05) is 18.2 Å². The van der Waals surface area contributed by atoms with Crippen molar-refractivity contribution >= 4 is 23.5 Å². The van der Waals surface area contributed by atoms with E-state index in [-0.39, 0.29) is 5.56 Å². The Balaban J connectivity index is 2.32. The lowest BCUT2D eigenvalue weighted by atomic mass is 10.1. The average molecular weight is 274 g/mol. The van der Waals surface area contributed by atoms with E-state index in [0.717, 1.165) is 11.3 Å². The summed E-state index contributed by atoms with van der Waals surface area (Å²) in [7, 11) is 3.83. The predicted octanol–water partition coefficient (Wildman–Crippen LogP) is 3.78. The van der Waals surface area contributed by atoms with Crippen molar-refractivity contribution in [1.29, 1.82) is 0 Å². The molecule has 0 aromatic heterocycles. The lowest BCUT2D eigenvalue weighted by Crippen LogP contribution is -2.08. The van der Waals surface area contributed by atoms with Crippen LogP contribution in [0.5, 0.6) is 0 Å². The van der Waals surface area contributed by atoms with E-state index in [2.05, 4.69) is 0 Å². The molecule has 0 unspecified atom stereocenters. The number of halogens is 2. The zero-order valence-electron chi connectivity index (χ0n) is 11.4. The summed E-state index contributed by atoms with van der Waals surface area (Å²) < 4.78 is 27.0. The van der Waals surface area contributed by atoms with E-state index in [1.54, 1.807) is 6.08 Å². The third kappa shape index (κ3) is 2.96. The van der Waals surface area contributed by atoms with E-state index in [1.807, 2.05) is 37.2 Å². The first kappa shape index (κ1) is 14.1. The summed E-state index contributed by atoms with van der Waals surface area (Å²) in [5.41, 5.74) is 8.12. The minimum absolute atomic E-state index is 0.0661. The molecule has 0 radical (unpaired) electrons. The highest BCUT2D eigenvalue weighted by atomic mass is 19.1. The Kier molecular flexibility index (Phi) is 4.03. The summed E-state index contributed by atoms with van der Waals surface area (Å²) in [6, 6.07) is 9.32. The molecular weight excluding hydrogens is 258 g/mol. The van der Waals surface area contributed by atoms with Crippen molar-refractivity contribution < 1.29 is 8.78 Å². The van der Waals surface area contributed by atoms with Crippen LogP contribution in [0.3, 0.4) is 0 Å². The molecule has 2 aromatic rings. The highest BCUT2D eigenvalue weighted by molar-refractivity contribution is 5.78. The van der Waals surface area contributed by atoms with Gasteiger partial charge in [0, 0.05) is 31.0 Å². The van der Waals surface area contributed by atoms with Gasteiger partial charge in [0.05, 0.1) is 0 Å². The lowest BCUT2D eigenvalue weighted by molar-refractivity contribution is 0.579. The van der Waals surface area contributed by atoms with Gasteiger partial charge in [0.2, 0.25) is 0 Å². The molecule has 2 nitrogen and oxygen atoms in total. The van der Waals surface area contributed by atoms with Crippen LogP contribution < -0.4 is 10.6 Å². The van der Waals surface area contributed by atoms with Gasteiger partial charge in [-0.3, -0.25) is 0 Å². The Labute approximate surface area is 117 Å². The Morgan fingerprint density at radius 3 is 2.20 bits per heavy atom. The van der Waals surface area contributed by atoms with Crippen molar-refractivity contribution in [1.82, 2.24) is 0 Å². The number of nitrogens with zero attached hydrogens (tertiary/aromatic N) is 1. The van der Waals surface area contributed by atoms with Crippen molar-refractivity contribution in [3.63, 3.8) is 0 Å². The van der Waals surface area contributed by atoms with Gasteiger partial charge < -0.3 is 10.6 Å². The first-order chi connectivity index (χ1) is 9.49. The van der Waals surface area contributed by atoms with Crippen LogP contribution in [0.15, 0.2) is 36.4 Å². The molecule has 2 aromatic carbocycles. The van der Waals surface area contributed by atoms with E-state index in [1.165, 1.54) is 24.3 Å². The maximum Gasteiger partial charge on any atom is 0.133 e. The number of benzene rings is 2. The maximum absolute atomic E-state index is 13.5. The van der Waals surface area contributed by atoms with Gasteiger partial charge in [-0.2, -0.15) is 0 Å². The molecule has 0 bridgehead atoms. The quantitative estimate of drug-likeness (QED) is 0.681. The molecule has 4 heteroatoms. The van der Waals surface area contributed by atoms with Gasteiger partial charge in [-0.25, -0.2) is 8.78 Å². The minimum atomic E-state index is -0.593. The van der Waals surface area contributed by atoms with Gasteiger partial charge in [0.1, 0.15) is 11.6 Å². The standard InChI is InChI=1S/C16H16F2N2/c1-20(2)12-8-6-11(16(19)10-12)7-9-13-14(17)4-3-5-15(13)18/h3-10H,19H2,1-2H3/b9-7+. The monoisotopic (exact) mass is 274 g/mol. The molecule has 0 saturated heterocycles. The molecule has 0 spiro atoms. The number of hydrogen-bond acceptors (Lipinski definition) is 2. The first-order valence-electron chi connectivity index (χ1n) is 6.18. The average Bonchev–Trinajstić information content (AvgIpc) is 2.39. The van der Waals surface area contributed by atoms with Crippen LogP contribution in [0.4, 0.5) is 20.2 Å². The van der Waals surface area contributed by atoms with Crippen molar-refractivity contribution in [3.8, 4) is 0 Å². The number of nitrogens with two attached hydrogens (primary N) is 1. The Bertz CT molecular complexity index is 629. The summed E-state index contributed by atoms with van der Waals surface area (Å²) in [6.07, 6.45) is 3.00.